The van der Waals surface area contributed by atoms with Crippen LogP contribution in [0.5, 0.6) is 0 Å². The van der Waals surface area contributed by atoms with Crippen LogP contribution in [0.1, 0.15) is 99.3 Å². The molecule has 0 radical (unpaired) electrons. The molecule has 0 saturated carbocycles. The molecule has 0 unspecified atom stereocenters. The first-order valence-corrected chi connectivity index (χ1v) is 10.5. The van der Waals surface area contributed by atoms with Crippen LogP contribution in [-0.2, 0) is 0 Å². The summed E-state index contributed by atoms with van der Waals surface area (Å²) in [5.41, 5.74) is 7.17. The van der Waals surface area contributed by atoms with E-state index in [0.717, 1.165) is 0 Å². The van der Waals surface area contributed by atoms with Crippen molar-refractivity contribution in [3.8, 4) is 0 Å². The van der Waals surface area contributed by atoms with Crippen molar-refractivity contribution in [1.29, 1.82) is 0 Å². The molecule has 0 atom stereocenters. The van der Waals surface area contributed by atoms with Crippen LogP contribution in [0.4, 0.5) is 0 Å². The summed E-state index contributed by atoms with van der Waals surface area (Å²) in [6, 6.07) is 0. The largest absolute Gasteiger partial charge is 0.0723 e. The lowest BCUT2D eigenvalue weighted by Gasteiger charge is -2.19. The third-order valence-electron chi connectivity index (χ3n) is 5.35. The van der Waals surface area contributed by atoms with Gasteiger partial charge < -0.3 is 0 Å². The van der Waals surface area contributed by atoms with Gasteiger partial charge in [0.05, 0.1) is 0 Å². The third-order valence-corrected chi connectivity index (χ3v) is 5.35. The van der Waals surface area contributed by atoms with Gasteiger partial charge in [-0.3, -0.25) is 0 Å². The highest BCUT2D eigenvalue weighted by Crippen LogP contribution is 2.37. The number of fused-ring (bicyclic) bond motifs is 1. The molecule has 2 aliphatic rings. The second kappa shape index (κ2) is 8.56. The lowest BCUT2D eigenvalue weighted by molar-refractivity contribution is 0.360. The van der Waals surface area contributed by atoms with Crippen LogP contribution in [0.3, 0.4) is 0 Å². The molecule has 0 saturated heterocycles. The molecule has 0 aromatic carbocycles. The zero-order chi connectivity index (χ0) is 18.5. The van der Waals surface area contributed by atoms with E-state index in [-0.39, 0.29) is 0 Å². The fraction of sp³-hybridized carbons (Fsp3) is 0.680. The Morgan fingerprint density at radius 1 is 0.760 bits per heavy atom. The van der Waals surface area contributed by atoms with Gasteiger partial charge in [0, 0.05) is 0 Å². The van der Waals surface area contributed by atoms with Crippen molar-refractivity contribution in [1.82, 2.24) is 0 Å². The monoisotopic (exact) mass is 340 g/mol. The lowest BCUT2D eigenvalue weighted by atomic mass is 9.86. The average Bonchev–Trinajstić information content (AvgIpc) is 2.89. The van der Waals surface area contributed by atoms with E-state index in [4.69, 9.17) is 0 Å². The molecule has 0 bridgehead atoms. The Hall–Kier alpha value is -1.04. The van der Waals surface area contributed by atoms with Gasteiger partial charge in [-0.25, -0.2) is 0 Å². The van der Waals surface area contributed by atoms with Crippen molar-refractivity contribution >= 4 is 0 Å². The molecular weight excluding hydrogens is 300 g/mol. The minimum atomic E-state index is 0.474. The average molecular weight is 341 g/mol. The Morgan fingerprint density at radius 2 is 1.36 bits per heavy atom. The topological polar surface area (TPSA) is 0 Å². The molecule has 0 fully saturated rings. The maximum absolute atomic E-state index is 2.49. The van der Waals surface area contributed by atoms with Crippen molar-refractivity contribution < 1.29 is 0 Å². The van der Waals surface area contributed by atoms with Crippen LogP contribution in [-0.4, -0.2) is 0 Å². The molecule has 0 heteroatoms. The van der Waals surface area contributed by atoms with E-state index in [1.54, 1.807) is 11.1 Å². The molecule has 0 aliphatic heterocycles. The number of hydrogen-bond donors (Lipinski definition) is 0. The quantitative estimate of drug-likeness (QED) is 0.390. The van der Waals surface area contributed by atoms with Crippen molar-refractivity contribution in [3.63, 3.8) is 0 Å². The van der Waals surface area contributed by atoms with Gasteiger partial charge >= 0.3 is 0 Å². The molecule has 0 amide bonds. The zero-order valence-corrected chi connectivity index (χ0v) is 17.7. The number of rotatable bonds is 8. The molecule has 25 heavy (non-hydrogen) atoms. The maximum atomic E-state index is 2.49. The van der Waals surface area contributed by atoms with Gasteiger partial charge in [0.1, 0.15) is 0 Å². The highest BCUT2D eigenvalue weighted by atomic mass is 14.2. The Kier molecular flexibility index (Phi) is 6.94. The summed E-state index contributed by atoms with van der Waals surface area (Å²) in [5, 5.41) is 0. The summed E-state index contributed by atoms with van der Waals surface area (Å²) in [4.78, 5) is 0. The summed E-state index contributed by atoms with van der Waals surface area (Å²) in [7, 11) is 0. The number of allylic oxidation sites excluding steroid dienone is 8. The second-order valence-corrected chi connectivity index (χ2v) is 10.5. The standard InChI is InChI=1S/C25H40/c1-24(2,3)17-9-7-11-20-13-16-23-21(14-15-22(23)19-20)12-8-10-18-25(4,5)6/h14-16,19H,7-13,17-18H2,1-6H3. The van der Waals surface area contributed by atoms with Crippen LogP contribution in [0.25, 0.3) is 0 Å². The van der Waals surface area contributed by atoms with Gasteiger partial charge in [0.15, 0.2) is 0 Å². The minimum Gasteiger partial charge on any atom is -0.0723 e. The molecule has 0 N–H and O–H groups in total. The highest BCUT2D eigenvalue weighted by Gasteiger charge is 2.18. The van der Waals surface area contributed by atoms with Gasteiger partial charge in [-0.2, -0.15) is 0 Å². The summed E-state index contributed by atoms with van der Waals surface area (Å²) in [6.45, 7) is 14.1. The van der Waals surface area contributed by atoms with Crippen LogP contribution in [0, 0.1) is 10.8 Å². The van der Waals surface area contributed by atoms with Gasteiger partial charge in [-0.05, 0) is 72.5 Å². The predicted octanol–water partition coefficient (Wildman–Crippen LogP) is 8.32. The summed E-state index contributed by atoms with van der Waals surface area (Å²) in [6.07, 6.45) is 21.4. The minimum absolute atomic E-state index is 0.474. The molecule has 2 rings (SSSR count). The molecule has 0 nitrogen and oxygen atoms in total. The second-order valence-electron chi connectivity index (χ2n) is 10.5. The summed E-state index contributed by atoms with van der Waals surface area (Å²) in [5.74, 6) is 0. The van der Waals surface area contributed by atoms with Gasteiger partial charge in [-0.15, -0.1) is 0 Å². The van der Waals surface area contributed by atoms with Gasteiger partial charge in [-0.1, -0.05) is 84.3 Å². The fourth-order valence-electron chi connectivity index (χ4n) is 3.81. The van der Waals surface area contributed by atoms with E-state index in [1.807, 2.05) is 0 Å². The molecular formula is C25H40. The van der Waals surface area contributed by atoms with Crippen molar-refractivity contribution in [2.24, 2.45) is 10.8 Å². The van der Waals surface area contributed by atoms with Crippen LogP contribution in [0.15, 0.2) is 46.6 Å². The van der Waals surface area contributed by atoms with Gasteiger partial charge in [0.2, 0.25) is 0 Å². The van der Waals surface area contributed by atoms with E-state index in [9.17, 15) is 0 Å². The van der Waals surface area contributed by atoms with Crippen molar-refractivity contribution in [2.45, 2.75) is 99.3 Å². The zero-order valence-electron chi connectivity index (χ0n) is 17.7. The van der Waals surface area contributed by atoms with Gasteiger partial charge in [0.25, 0.3) is 0 Å². The maximum Gasteiger partial charge on any atom is -0.0126 e. The Balaban J connectivity index is 1.72. The van der Waals surface area contributed by atoms with Crippen LogP contribution in [0.2, 0.25) is 0 Å². The number of hydrogen-bond acceptors (Lipinski definition) is 0. The van der Waals surface area contributed by atoms with Crippen molar-refractivity contribution in [2.75, 3.05) is 0 Å². The molecule has 2 aliphatic carbocycles. The smallest absolute Gasteiger partial charge is 0.0126 e. The molecule has 140 valence electrons. The first-order chi connectivity index (χ1) is 11.6. The fourth-order valence-corrected chi connectivity index (χ4v) is 3.81. The first kappa shape index (κ1) is 20.3. The summed E-state index contributed by atoms with van der Waals surface area (Å²) >= 11 is 0. The molecule has 0 aromatic heterocycles. The van der Waals surface area contributed by atoms with Crippen LogP contribution >= 0.6 is 0 Å². The lowest BCUT2D eigenvalue weighted by Crippen LogP contribution is -2.04. The van der Waals surface area contributed by atoms with Crippen LogP contribution < -0.4 is 0 Å². The molecule has 0 aromatic rings. The molecule has 0 spiro atoms. The normalized spacial score (nSPS) is 17.7. The van der Waals surface area contributed by atoms with E-state index in [2.05, 4.69) is 65.8 Å². The Bertz CT molecular complexity index is 564. The van der Waals surface area contributed by atoms with E-state index < -0.39 is 0 Å². The predicted molar refractivity (Wildman–Crippen MR) is 113 cm³/mol. The highest BCUT2D eigenvalue weighted by molar-refractivity contribution is 5.62. The van der Waals surface area contributed by atoms with E-state index >= 15 is 0 Å². The SMILES string of the molecule is CC(C)(C)CCCCC1=CC2=CC=C(CCCCC(C)(C)C)C2=CC1. The summed E-state index contributed by atoms with van der Waals surface area (Å²) < 4.78 is 0. The first-order valence-electron chi connectivity index (χ1n) is 10.5. The Morgan fingerprint density at radius 3 is 1.96 bits per heavy atom. The Labute approximate surface area is 157 Å². The van der Waals surface area contributed by atoms with Crippen molar-refractivity contribution in [3.05, 3.63) is 46.6 Å². The molecule has 0 heterocycles. The van der Waals surface area contributed by atoms with E-state index in [0.29, 0.717) is 10.8 Å². The number of unbranched alkanes of at least 4 members (excludes halogenated alkanes) is 2. The third kappa shape index (κ3) is 7.38. The van der Waals surface area contributed by atoms with E-state index in [1.165, 1.54) is 68.9 Å².